The second kappa shape index (κ2) is 3.37. The predicted octanol–water partition coefficient (Wildman–Crippen LogP) is 3.08. The number of benzene rings is 1. The zero-order valence-corrected chi connectivity index (χ0v) is 7.09. The van der Waals surface area contributed by atoms with Crippen LogP contribution in [0.1, 0.15) is 10.4 Å². The van der Waals surface area contributed by atoms with E-state index in [9.17, 15) is 13.6 Å². The molecule has 0 radical (unpaired) electrons. The third-order valence-electron chi connectivity index (χ3n) is 1.26. The van der Waals surface area contributed by atoms with Crippen molar-refractivity contribution in [3.63, 3.8) is 0 Å². The fourth-order valence-corrected chi connectivity index (χ4v) is 1.17. The lowest BCUT2D eigenvalue weighted by molar-refractivity contribution is 0.111. The first-order valence-electron chi connectivity index (χ1n) is 2.86. The summed E-state index contributed by atoms with van der Waals surface area (Å²) in [5, 5.41) is -0.744. The van der Waals surface area contributed by atoms with Gasteiger partial charge in [0.1, 0.15) is 0 Å². The molecule has 0 bridgehead atoms. The molecule has 0 saturated heterocycles. The fourth-order valence-electron chi connectivity index (χ4n) is 0.695. The van der Waals surface area contributed by atoms with Crippen molar-refractivity contribution >= 4 is 29.5 Å². The first kappa shape index (κ1) is 9.42. The van der Waals surface area contributed by atoms with E-state index in [0.29, 0.717) is 0 Å². The van der Waals surface area contributed by atoms with E-state index in [0.717, 1.165) is 6.07 Å². The zero-order chi connectivity index (χ0) is 9.30. The number of hydrogen-bond donors (Lipinski definition) is 0. The Morgan fingerprint density at radius 1 is 1.17 bits per heavy atom. The van der Waals surface area contributed by atoms with Crippen LogP contribution < -0.4 is 0 Å². The molecule has 0 aliphatic rings. The summed E-state index contributed by atoms with van der Waals surface area (Å²) in [6.07, 6.45) is 0.0302. The number of aldehydes is 1. The van der Waals surface area contributed by atoms with Gasteiger partial charge in [0.05, 0.1) is 15.6 Å². The highest BCUT2D eigenvalue weighted by molar-refractivity contribution is 6.35. The minimum Gasteiger partial charge on any atom is -0.298 e. The van der Waals surface area contributed by atoms with Gasteiger partial charge >= 0.3 is 0 Å². The lowest BCUT2D eigenvalue weighted by atomic mass is 10.2. The molecule has 0 aliphatic carbocycles. The van der Waals surface area contributed by atoms with E-state index < -0.39 is 17.2 Å². The van der Waals surface area contributed by atoms with Crippen LogP contribution in [0.2, 0.25) is 10.0 Å². The van der Waals surface area contributed by atoms with Crippen molar-refractivity contribution in [2.75, 3.05) is 0 Å². The predicted molar refractivity (Wildman–Crippen MR) is 41.8 cm³/mol. The van der Waals surface area contributed by atoms with Gasteiger partial charge in [-0.25, -0.2) is 8.78 Å². The SMILES string of the molecule is O=Cc1c(F)c(Cl)cc(Cl)c1F. The maximum atomic E-state index is 12.8. The molecule has 0 N–H and O–H groups in total. The lowest BCUT2D eigenvalue weighted by Crippen LogP contribution is -1.95. The van der Waals surface area contributed by atoms with Crippen molar-refractivity contribution < 1.29 is 13.6 Å². The van der Waals surface area contributed by atoms with E-state index in [4.69, 9.17) is 23.2 Å². The first-order chi connectivity index (χ1) is 5.57. The standard InChI is InChI=1S/C7H2Cl2F2O/c8-4-1-5(9)7(11)3(2-12)6(4)10/h1-2H. The molecule has 0 amide bonds. The molecule has 64 valence electrons. The van der Waals surface area contributed by atoms with Crippen molar-refractivity contribution in [3.8, 4) is 0 Å². The zero-order valence-electron chi connectivity index (χ0n) is 5.57. The van der Waals surface area contributed by atoms with Crippen molar-refractivity contribution in [2.45, 2.75) is 0 Å². The topological polar surface area (TPSA) is 17.1 Å². The summed E-state index contributed by atoms with van der Waals surface area (Å²) in [4.78, 5) is 10.2. The summed E-state index contributed by atoms with van der Waals surface area (Å²) < 4.78 is 25.6. The molecule has 1 aromatic carbocycles. The van der Waals surface area contributed by atoms with E-state index >= 15 is 0 Å². The molecule has 0 saturated carbocycles. The summed E-state index contributed by atoms with van der Waals surface area (Å²) in [6, 6.07) is 0.904. The minimum absolute atomic E-state index is 0.0302. The van der Waals surface area contributed by atoms with Crippen LogP contribution in [0.5, 0.6) is 0 Å². The first-order valence-corrected chi connectivity index (χ1v) is 3.61. The lowest BCUT2D eigenvalue weighted by Gasteiger charge is -2.00. The molecule has 5 heteroatoms. The molecule has 0 atom stereocenters. The van der Waals surface area contributed by atoms with E-state index in [-0.39, 0.29) is 16.3 Å². The van der Waals surface area contributed by atoms with Crippen molar-refractivity contribution in [1.82, 2.24) is 0 Å². The van der Waals surface area contributed by atoms with Crippen LogP contribution in [0.4, 0.5) is 8.78 Å². The van der Waals surface area contributed by atoms with Gasteiger partial charge in [0.25, 0.3) is 0 Å². The Bertz CT molecular complexity index is 312. The molecular weight excluding hydrogens is 209 g/mol. The van der Waals surface area contributed by atoms with Crippen molar-refractivity contribution in [1.29, 1.82) is 0 Å². The maximum absolute atomic E-state index is 12.8. The molecule has 1 nitrogen and oxygen atoms in total. The quantitative estimate of drug-likeness (QED) is 0.515. The van der Waals surface area contributed by atoms with Gasteiger partial charge in [0, 0.05) is 0 Å². The molecule has 0 heterocycles. The average molecular weight is 211 g/mol. The molecular formula is C7H2Cl2F2O. The highest BCUT2D eigenvalue weighted by Crippen LogP contribution is 2.26. The largest absolute Gasteiger partial charge is 0.298 e. The smallest absolute Gasteiger partial charge is 0.156 e. The van der Waals surface area contributed by atoms with Crippen LogP contribution >= 0.6 is 23.2 Å². The van der Waals surface area contributed by atoms with Gasteiger partial charge in [0.15, 0.2) is 17.9 Å². The van der Waals surface area contributed by atoms with Gasteiger partial charge in [-0.3, -0.25) is 4.79 Å². The van der Waals surface area contributed by atoms with Gasteiger partial charge in [-0.15, -0.1) is 0 Å². The van der Waals surface area contributed by atoms with Gasteiger partial charge in [-0.05, 0) is 6.07 Å². The number of halogens is 4. The van der Waals surface area contributed by atoms with Crippen LogP contribution in [-0.2, 0) is 0 Å². The second-order valence-electron chi connectivity index (χ2n) is 2.00. The van der Waals surface area contributed by atoms with E-state index in [1.54, 1.807) is 0 Å². The Morgan fingerprint density at radius 2 is 1.58 bits per heavy atom. The second-order valence-corrected chi connectivity index (χ2v) is 2.81. The third kappa shape index (κ3) is 1.42. The Balaban J connectivity index is 3.52. The van der Waals surface area contributed by atoms with Crippen LogP contribution in [0, 0.1) is 11.6 Å². The molecule has 1 aromatic rings. The number of carbonyl (C=O) groups excluding carboxylic acids is 1. The maximum Gasteiger partial charge on any atom is 0.156 e. The Labute approximate surface area is 76.9 Å². The van der Waals surface area contributed by atoms with Gasteiger partial charge in [0.2, 0.25) is 0 Å². The third-order valence-corrected chi connectivity index (χ3v) is 1.81. The minimum atomic E-state index is -1.09. The molecule has 1 rings (SSSR count). The summed E-state index contributed by atoms with van der Waals surface area (Å²) in [7, 11) is 0. The monoisotopic (exact) mass is 210 g/mol. The number of rotatable bonds is 1. The fraction of sp³-hybridized carbons (Fsp3) is 0. The van der Waals surface area contributed by atoms with E-state index in [1.165, 1.54) is 0 Å². The van der Waals surface area contributed by atoms with Gasteiger partial charge < -0.3 is 0 Å². The number of hydrogen-bond acceptors (Lipinski definition) is 1. The van der Waals surface area contributed by atoms with Crippen molar-refractivity contribution in [2.24, 2.45) is 0 Å². The van der Waals surface area contributed by atoms with Crippen LogP contribution in [-0.4, -0.2) is 6.29 Å². The molecule has 0 unspecified atom stereocenters. The van der Waals surface area contributed by atoms with E-state index in [1.807, 2.05) is 0 Å². The molecule has 0 aromatic heterocycles. The highest BCUT2D eigenvalue weighted by Gasteiger charge is 2.15. The Morgan fingerprint density at radius 3 is 1.92 bits per heavy atom. The van der Waals surface area contributed by atoms with Crippen LogP contribution in [0.25, 0.3) is 0 Å². The van der Waals surface area contributed by atoms with E-state index in [2.05, 4.69) is 0 Å². The summed E-state index contributed by atoms with van der Waals surface area (Å²) in [5.41, 5.74) is -0.743. The normalized spacial score (nSPS) is 10.0. The summed E-state index contributed by atoms with van der Waals surface area (Å²) in [5.74, 6) is -2.18. The van der Waals surface area contributed by atoms with Gasteiger partial charge in [-0.2, -0.15) is 0 Å². The molecule has 12 heavy (non-hydrogen) atoms. The molecule has 0 aliphatic heterocycles. The Kier molecular flexibility index (Phi) is 2.65. The van der Waals surface area contributed by atoms with Gasteiger partial charge in [-0.1, -0.05) is 23.2 Å². The average Bonchev–Trinajstić information content (AvgIpc) is 2.02. The molecule has 0 fully saturated rings. The number of carbonyl (C=O) groups is 1. The summed E-state index contributed by atoms with van der Waals surface area (Å²) in [6.45, 7) is 0. The summed E-state index contributed by atoms with van der Waals surface area (Å²) >= 11 is 10.6. The van der Waals surface area contributed by atoms with Crippen molar-refractivity contribution in [3.05, 3.63) is 33.3 Å². The molecule has 0 spiro atoms. The van der Waals surface area contributed by atoms with Crippen LogP contribution in [0.15, 0.2) is 6.07 Å². The highest BCUT2D eigenvalue weighted by atomic mass is 35.5. The Hall–Kier alpha value is -0.670. The van der Waals surface area contributed by atoms with Crippen LogP contribution in [0.3, 0.4) is 0 Å².